The summed E-state index contributed by atoms with van der Waals surface area (Å²) in [5.74, 6) is 0.526. The Labute approximate surface area is 143 Å². The van der Waals surface area contributed by atoms with Crippen molar-refractivity contribution in [1.82, 2.24) is 4.57 Å². The average Bonchev–Trinajstić information content (AvgIpc) is 2.97. The molecule has 3 rings (SSSR count). The third kappa shape index (κ3) is 2.80. The van der Waals surface area contributed by atoms with Gasteiger partial charge in [-0.1, -0.05) is 29.5 Å². The van der Waals surface area contributed by atoms with Crippen LogP contribution in [0.4, 0.5) is 0 Å². The summed E-state index contributed by atoms with van der Waals surface area (Å²) in [5.41, 5.74) is 1.41. The number of carbonyl (C=O) groups excluding carboxylic acids is 1. The second kappa shape index (κ2) is 6.88. The Morgan fingerprint density at radius 2 is 1.75 bits per heavy atom. The number of rotatable bonds is 4. The SMILES string of the molecule is CCn1c(=NC(=O)c2c(OC)cccc2OC)sc2ccccc21. The summed E-state index contributed by atoms with van der Waals surface area (Å²) >= 11 is 1.49. The van der Waals surface area contributed by atoms with Gasteiger partial charge in [-0.3, -0.25) is 4.79 Å². The van der Waals surface area contributed by atoms with E-state index in [4.69, 9.17) is 9.47 Å². The fourth-order valence-corrected chi connectivity index (χ4v) is 3.71. The van der Waals surface area contributed by atoms with Gasteiger partial charge in [-0.25, -0.2) is 0 Å². The summed E-state index contributed by atoms with van der Waals surface area (Å²) < 4.78 is 13.7. The van der Waals surface area contributed by atoms with Crippen LogP contribution in [-0.2, 0) is 6.54 Å². The van der Waals surface area contributed by atoms with Crippen molar-refractivity contribution in [3.05, 3.63) is 52.8 Å². The summed E-state index contributed by atoms with van der Waals surface area (Å²) in [5, 5.41) is 0. The van der Waals surface area contributed by atoms with Crippen LogP contribution in [-0.4, -0.2) is 24.7 Å². The van der Waals surface area contributed by atoms with Crippen molar-refractivity contribution in [2.45, 2.75) is 13.5 Å². The summed E-state index contributed by atoms with van der Waals surface area (Å²) in [6, 6.07) is 13.2. The molecule has 0 aliphatic heterocycles. The zero-order valence-corrected chi connectivity index (χ0v) is 14.6. The zero-order chi connectivity index (χ0) is 17.1. The van der Waals surface area contributed by atoms with Crippen molar-refractivity contribution >= 4 is 27.5 Å². The number of carbonyl (C=O) groups is 1. The van der Waals surface area contributed by atoms with E-state index in [9.17, 15) is 4.79 Å². The summed E-state index contributed by atoms with van der Waals surface area (Å²) in [7, 11) is 3.05. The molecule has 6 heteroatoms. The van der Waals surface area contributed by atoms with Gasteiger partial charge in [-0.2, -0.15) is 4.99 Å². The molecule has 5 nitrogen and oxygen atoms in total. The first-order chi connectivity index (χ1) is 11.7. The van der Waals surface area contributed by atoms with Crippen molar-refractivity contribution in [3.8, 4) is 11.5 Å². The molecular weight excluding hydrogens is 324 g/mol. The Kier molecular flexibility index (Phi) is 4.66. The number of thiazole rings is 1. The normalized spacial score (nSPS) is 11.7. The van der Waals surface area contributed by atoms with Crippen LogP contribution in [0.5, 0.6) is 11.5 Å². The van der Waals surface area contributed by atoms with Crippen LogP contribution in [0.25, 0.3) is 10.2 Å². The lowest BCUT2D eigenvalue weighted by Gasteiger charge is -2.09. The Hall–Kier alpha value is -2.60. The van der Waals surface area contributed by atoms with Gasteiger partial charge in [0.25, 0.3) is 5.91 Å². The number of fused-ring (bicyclic) bond motifs is 1. The lowest BCUT2D eigenvalue weighted by Crippen LogP contribution is -2.16. The van der Waals surface area contributed by atoms with Crippen LogP contribution < -0.4 is 14.3 Å². The number of hydrogen-bond donors (Lipinski definition) is 0. The molecule has 0 saturated heterocycles. The number of amides is 1. The highest BCUT2D eigenvalue weighted by atomic mass is 32.1. The van der Waals surface area contributed by atoms with Gasteiger partial charge in [0.05, 0.1) is 24.4 Å². The van der Waals surface area contributed by atoms with Crippen molar-refractivity contribution in [2.75, 3.05) is 14.2 Å². The maximum atomic E-state index is 12.8. The van der Waals surface area contributed by atoms with E-state index in [2.05, 4.69) is 4.99 Å². The molecule has 0 N–H and O–H groups in total. The van der Waals surface area contributed by atoms with Gasteiger partial charge < -0.3 is 14.0 Å². The maximum Gasteiger partial charge on any atom is 0.287 e. The molecule has 0 saturated carbocycles. The van der Waals surface area contributed by atoms with Crippen molar-refractivity contribution in [1.29, 1.82) is 0 Å². The number of para-hydroxylation sites is 1. The minimum absolute atomic E-state index is 0.336. The fraction of sp³-hybridized carbons (Fsp3) is 0.222. The van der Waals surface area contributed by atoms with Crippen LogP contribution in [0.15, 0.2) is 47.5 Å². The van der Waals surface area contributed by atoms with Crippen LogP contribution in [0, 0.1) is 0 Å². The van der Waals surface area contributed by atoms with E-state index in [1.165, 1.54) is 25.6 Å². The topological polar surface area (TPSA) is 52.8 Å². The second-order valence-electron chi connectivity index (χ2n) is 5.05. The van der Waals surface area contributed by atoms with E-state index in [-0.39, 0.29) is 5.91 Å². The van der Waals surface area contributed by atoms with Crippen LogP contribution in [0.2, 0.25) is 0 Å². The smallest absolute Gasteiger partial charge is 0.287 e. The number of ether oxygens (including phenoxy) is 2. The number of aromatic nitrogens is 1. The van der Waals surface area contributed by atoms with Gasteiger partial charge in [0.15, 0.2) is 4.80 Å². The molecule has 0 aliphatic rings. The number of hydrogen-bond acceptors (Lipinski definition) is 4. The first kappa shape index (κ1) is 16.3. The number of benzene rings is 2. The minimum atomic E-state index is -0.377. The molecule has 1 aromatic heterocycles. The van der Waals surface area contributed by atoms with Gasteiger partial charge in [-0.05, 0) is 31.2 Å². The standard InChI is InChI=1S/C18H18N2O3S/c1-4-20-12-8-5-6-11-15(12)24-18(20)19-17(21)16-13(22-2)9-7-10-14(16)23-3/h5-11H,4H2,1-3H3. The summed E-state index contributed by atoms with van der Waals surface area (Å²) in [4.78, 5) is 17.8. The minimum Gasteiger partial charge on any atom is -0.496 e. The highest BCUT2D eigenvalue weighted by Crippen LogP contribution is 2.29. The van der Waals surface area contributed by atoms with E-state index in [1.807, 2.05) is 35.8 Å². The lowest BCUT2D eigenvalue weighted by atomic mass is 10.1. The Morgan fingerprint density at radius 1 is 1.08 bits per heavy atom. The van der Waals surface area contributed by atoms with Crippen LogP contribution in [0.1, 0.15) is 17.3 Å². The fourth-order valence-electron chi connectivity index (χ4n) is 2.62. The molecular formula is C18H18N2O3S. The van der Waals surface area contributed by atoms with Crippen molar-refractivity contribution in [3.63, 3.8) is 0 Å². The Bertz CT molecular complexity index is 934. The third-order valence-corrected chi connectivity index (χ3v) is 4.80. The number of methoxy groups -OCH3 is 2. The highest BCUT2D eigenvalue weighted by Gasteiger charge is 2.18. The molecule has 0 bridgehead atoms. The van der Waals surface area contributed by atoms with Crippen LogP contribution in [0.3, 0.4) is 0 Å². The first-order valence-electron chi connectivity index (χ1n) is 7.58. The molecule has 0 radical (unpaired) electrons. The molecule has 3 aromatic rings. The maximum absolute atomic E-state index is 12.8. The largest absolute Gasteiger partial charge is 0.496 e. The van der Waals surface area contributed by atoms with E-state index in [0.717, 1.165) is 16.8 Å². The van der Waals surface area contributed by atoms with Crippen molar-refractivity contribution in [2.24, 2.45) is 4.99 Å². The molecule has 124 valence electrons. The summed E-state index contributed by atoms with van der Waals surface area (Å²) in [6.07, 6.45) is 0. The Balaban J connectivity index is 2.18. The predicted molar refractivity (Wildman–Crippen MR) is 94.9 cm³/mol. The second-order valence-corrected chi connectivity index (χ2v) is 6.06. The molecule has 2 aromatic carbocycles. The summed E-state index contributed by atoms with van der Waals surface area (Å²) in [6.45, 7) is 2.77. The zero-order valence-electron chi connectivity index (χ0n) is 13.8. The Morgan fingerprint density at radius 3 is 2.38 bits per heavy atom. The predicted octanol–water partition coefficient (Wildman–Crippen LogP) is 3.48. The van der Waals surface area contributed by atoms with Gasteiger partial charge in [0.1, 0.15) is 17.1 Å². The van der Waals surface area contributed by atoms with Gasteiger partial charge in [0.2, 0.25) is 0 Å². The van der Waals surface area contributed by atoms with E-state index in [1.54, 1.807) is 18.2 Å². The quantitative estimate of drug-likeness (QED) is 0.729. The van der Waals surface area contributed by atoms with Crippen molar-refractivity contribution < 1.29 is 14.3 Å². The number of nitrogens with zero attached hydrogens (tertiary/aromatic N) is 2. The van der Waals surface area contributed by atoms with Gasteiger partial charge in [0, 0.05) is 6.54 Å². The van der Waals surface area contributed by atoms with Crippen LogP contribution >= 0.6 is 11.3 Å². The molecule has 1 heterocycles. The molecule has 24 heavy (non-hydrogen) atoms. The number of aryl methyl sites for hydroxylation is 1. The lowest BCUT2D eigenvalue weighted by molar-refractivity contribution is 0.0992. The monoisotopic (exact) mass is 342 g/mol. The molecule has 0 spiro atoms. The van der Waals surface area contributed by atoms with Gasteiger partial charge in [-0.15, -0.1) is 0 Å². The molecule has 0 aliphatic carbocycles. The molecule has 0 unspecified atom stereocenters. The van der Waals surface area contributed by atoms with E-state index >= 15 is 0 Å². The van der Waals surface area contributed by atoms with Gasteiger partial charge >= 0.3 is 0 Å². The molecule has 0 atom stereocenters. The van der Waals surface area contributed by atoms with E-state index < -0.39 is 0 Å². The highest BCUT2D eigenvalue weighted by molar-refractivity contribution is 7.16. The first-order valence-corrected chi connectivity index (χ1v) is 8.39. The molecule has 1 amide bonds. The van der Waals surface area contributed by atoms with E-state index in [0.29, 0.717) is 21.9 Å². The third-order valence-electron chi connectivity index (χ3n) is 3.74. The average molecular weight is 342 g/mol. The molecule has 0 fully saturated rings.